The van der Waals surface area contributed by atoms with Crippen LogP contribution >= 0.6 is 0 Å². The van der Waals surface area contributed by atoms with Crippen molar-refractivity contribution in [2.45, 2.75) is 124 Å². The molecule has 2 unspecified atom stereocenters. The third-order valence-electron chi connectivity index (χ3n) is 7.85. The van der Waals surface area contributed by atoms with Gasteiger partial charge in [0.1, 0.15) is 11.5 Å². The maximum absolute atomic E-state index is 11.2. The van der Waals surface area contributed by atoms with Crippen molar-refractivity contribution in [3.8, 4) is 11.5 Å². The van der Waals surface area contributed by atoms with Gasteiger partial charge in [0.15, 0.2) is 0 Å². The molecule has 1 aliphatic carbocycles. The van der Waals surface area contributed by atoms with Gasteiger partial charge in [-0.05, 0) is 43.5 Å². The number of carboxylic acids is 2. The van der Waals surface area contributed by atoms with Crippen LogP contribution in [0.25, 0.3) is 0 Å². The van der Waals surface area contributed by atoms with E-state index < -0.39 is 44.2 Å². The monoisotopic (exact) mass is 773 g/mol. The van der Waals surface area contributed by atoms with Crippen LogP contribution in [0.15, 0.2) is 34.3 Å². The van der Waals surface area contributed by atoms with Crippen LogP contribution in [-0.2, 0) is 26.4 Å². The number of phenolic OH excluding ortho intramolecular Hbond substituents is 2. The van der Waals surface area contributed by atoms with Crippen LogP contribution in [0.2, 0.25) is 78.6 Å². The van der Waals surface area contributed by atoms with Gasteiger partial charge in [-0.2, -0.15) is 0 Å². The maximum Gasteiger partial charge on any atom is 2.00 e. The molecule has 3 rings (SSSR count). The average molecular weight is 774 g/mol. The Morgan fingerprint density at radius 1 is 0.625 bits per heavy atom. The number of aromatic hydroxyl groups is 2. The third kappa shape index (κ3) is 15.1. The zero-order chi connectivity index (χ0) is 36.7. The predicted octanol–water partition coefficient (Wildman–Crippen LogP) is 3.25. The zero-order valence-corrected chi connectivity index (χ0v) is 36.5. The molecular formula is C35H58CoN2O6Si4. The van der Waals surface area contributed by atoms with Gasteiger partial charge in [0.2, 0.25) is 0 Å². The van der Waals surface area contributed by atoms with Crippen LogP contribution in [0.1, 0.15) is 44.2 Å². The molecule has 1 radical (unpaired) electrons. The Bertz CT molecular complexity index is 1350. The number of aliphatic imine (C=N–C) groups is 2. The van der Waals surface area contributed by atoms with Crippen molar-refractivity contribution in [1.82, 2.24) is 0 Å². The van der Waals surface area contributed by atoms with Crippen molar-refractivity contribution < 1.29 is 46.8 Å². The van der Waals surface area contributed by atoms with E-state index in [4.69, 9.17) is 29.8 Å². The van der Waals surface area contributed by atoms with Gasteiger partial charge >= 0.3 is 16.8 Å². The second-order valence-corrected chi connectivity index (χ2v) is 36.8. The molecule has 0 amide bonds. The summed E-state index contributed by atoms with van der Waals surface area (Å²) in [5.74, 6) is -1.33. The molecule has 0 saturated heterocycles. The van der Waals surface area contributed by atoms with Crippen molar-refractivity contribution in [3.05, 3.63) is 35.4 Å². The van der Waals surface area contributed by atoms with Gasteiger partial charge in [0.25, 0.3) is 0 Å². The van der Waals surface area contributed by atoms with Crippen molar-refractivity contribution in [2.24, 2.45) is 9.98 Å². The molecule has 1 aliphatic rings. The fourth-order valence-electron chi connectivity index (χ4n) is 5.10. The number of carbonyl (C=O) groups is 2. The first-order valence-electron chi connectivity index (χ1n) is 16.3. The molecule has 1 saturated carbocycles. The molecule has 0 aromatic heterocycles. The molecule has 0 bridgehead atoms. The largest absolute Gasteiger partial charge is 2.00 e. The van der Waals surface area contributed by atoms with Crippen molar-refractivity contribution in [3.63, 3.8) is 0 Å². The fraction of sp³-hybridized carbons (Fsp3) is 0.543. The summed E-state index contributed by atoms with van der Waals surface area (Å²) in [5, 5.41) is 45.1. The number of carboxylic acid groups (broad SMARTS) is 2. The SMILES string of the molecule is CC(=O)[O-].CC(=O)[O-].C[Si](C)(C)c1cc(C=NC2CCC(N=Cc3cc([Si](C)(C)C)cc([Si](C)(C)C)c3O)C2)c(O)c([Si](C)(C)C)c1.[Co+2]. The Labute approximate surface area is 303 Å². The van der Waals surface area contributed by atoms with Crippen LogP contribution in [0.4, 0.5) is 0 Å². The van der Waals surface area contributed by atoms with E-state index in [0.29, 0.717) is 11.5 Å². The number of rotatable bonds is 8. The Kier molecular flexibility index (Phi) is 17.2. The van der Waals surface area contributed by atoms with Gasteiger partial charge in [-0.3, -0.25) is 9.98 Å². The normalized spacial score (nSPS) is 16.9. The first-order chi connectivity index (χ1) is 21.1. The second kappa shape index (κ2) is 18.1. The van der Waals surface area contributed by atoms with Crippen LogP contribution in [0.5, 0.6) is 11.5 Å². The Balaban J connectivity index is 0.00000221. The standard InChI is InChI=1S/C31H52N2O2Si4.2C2H4O2.Co/c1-36(2,3)26-15-22(30(34)28(18-26)38(7,8)9)20-32-24-13-14-25(17-24)33-21-23-16-27(37(4,5)6)19-29(31(23)35)39(10,11)12;2*1-2(3)4;/h15-16,18-21,24-25,34-35H,13-14,17H2,1-12H3;2*1H3,(H,3,4);/q;;;+2/p-2. The summed E-state index contributed by atoms with van der Waals surface area (Å²) >= 11 is 0. The van der Waals surface area contributed by atoms with Crippen molar-refractivity contribution >= 4 is 77.4 Å². The average Bonchev–Trinajstić information content (AvgIpc) is 3.31. The van der Waals surface area contributed by atoms with Crippen LogP contribution in [0, 0.1) is 0 Å². The Hall–Kier alpha value is -2.31. The summed E-state index contributed by atoms with van der Waals surface area (Å²) in [7, 11) is -6.46. The minimum absolute atomic E-state index is 0. The first-order valence-corrected chi connectivity index (χ1v) is 30.3. The van der Waals surface area contributed by atoms with Crippen LogP contribution < -0.4 is 31.0 Å². The first kappa shape index (κ1) is 45.7. The number of carbonyl (C=O) groups excluding carboxylic acids is 2. The van der Waals surface area contributed by atoms with E-state index in [9.17, 15) is 10.2 Å². The quantitative estimate of drug-likeness (QED) is 0.312. The Morgan fingerprint density at radius 3 is 1.12 bits per heavy atom. The van der Waals surface area contributed by atoms with Crippen LogP contribution in [0.3, 0.4) is 0 Å². The number of hydrogen-bond donors (Lipinski definition) is 2. The van der Waals surface area contributed by atoms with E-state index in [-0.39, 0.29) is 28.9 Å². The molecule has 0 heterocycles. The maximum atomic E-state index is 11.2. The molecule has 2 N–H and O–H groups in total. The van der Waals surface area contributed by atoms with Crippen molar-refractivity contribution in [2.75, 3.05) is 0 Å². The smallest absolute Gasteiger partial charge is 0.550 e. The number of aliphatic carboxylic acids is 2. The van der Waals surface area contributed by atoms with E-state index in [1.165, 1.54) is 10.4 Å². The minimum atomic E-state index is -1.69. The molecule has 2 aromatic carbocycles. The summed E-state index contributed by atoms with van der Waals surface area (Å²) < 4.78 is 0. The van der Waals surface area contributed by atoms with E-state index in [1.807, 2.05) is 12.4 Å². The molecule has 0 spiro atoms. The van der Waals surface area contributed by atoms with E-state index >= 15 is 0 Å². The van der Waals surface area contributed by atoms with E-state index in [0.717, 1.165) is 54.6 Å². The van der Waals surface area contributed by atoms with Crippen LogP contribution in [-0.4, -0.2) is 79.0 Å². The van der Waals surface area contributed by atoms with Gasteiger partial charge in [-0.1, -0.05) is 113 Å². The summed E-state index contributed by atoms with van der Waals surface area (Å²) in [5.41, 5.74) is 1.73. The Morgan fingerprint density at radius 2 is 0.896 bits per heavy atom. The predicted molar refractivity (Wildman–Crippen MR) is 206 cm³/mol. The topological polar surface area (TPSA) is 145 Å². The third-order valence-corrected chi connectivity index (χ3v) is 15.9. The fourth-order valence-corrected chi connectivity index (χ4v) is 10.6. The number of phenols is 2. The van der Waals surface area contributed by atoms with E-state index in [1.54, 1.807) is 0 Å². The van der Waals surface area contributed by atoms with Gasteiger partial charge < -0.3 is 30.0 Å². The zero-order valence-electron chi connectivity index (χ0n) is 31.5. The van der Waals surface area contributed by atoms with Crippen molar-refractivity contribution in [1.29, 1.82) is 0 Å². The number of benzene rings is 2. The van der Waals surface area contributed by atoms with E-state index in [2.05, 4.69) is 103 Å². The summed E-state index contributed by atoms with van der Waals surface area (Å²) in [4.78, 5) is 27.7. The van der Waals surface area contributed by atoms with Gasteiger partial charge in [0.05, 0.1) is 44.4 Å². The molecule has 269 valence electrons. The molecule has 8 nitrogen and oxygen atoms in total. The number of nitrogens with zero attached hydrogens (tertiary/aromatic N) is 2. The molecule has 2 atom stereocenters. The molecular weight excluding hydrogens is 716 g/mol. The number of hydrogen-bond acceptors (Lipinski definition) is 8. The van der Waals surface area contributed by atoms with Gasteiger partial charge in [0, 0.05) is 35.5 Å². The minimum Gasteiger partial charge on any atom is -0.550 e. The molecule has 1 fully saturated rings. The molecule has 0 aliphatic heterocycles. The second-order valence-electron chi connectivity index (χ2n) is 16.6. The molecule has 13 heteroatoms. The summed E-state index contributed by atoms with van der Waals surface area (Å²) in [6, 6.07) is 9.29. The summed E-state index contributed by atoms with van der Waals surface area (Å²) in [6.45, 7) is 29.8. The molecule has 2 aromatic rings. The van der Waals surface area contributed by atoms with Gasteiger partial charge in [-0.25, -0.2) is 0 Å². The van der Waals surface area contributed by atoms with Gasteiger partial charge in [-0.15, -0.1) is 0 Å². The molecule has 48 heavy (non-hydrogen) atoms. The summed E-state index contributed by atoms with van der Waals surface area (Å²) in [6.07, 6.45) is 6.73.